The van der Waals surface area contributed by atoms with Crippen LogP contribution in [0.5, 0.6) is 0 Å². The second kappa shape index (κ2) is 6.60. The molecule has 1 rings (SSSR count). The summed E-state index contributed by atoms with van der Waals surface area (Å²) in [7, 11) is 0. The van der Waals surface area contributed by atoms with E-state index in [-0.39, 0.29) is 5.92 Å². The molecule has 17 heavy (non-hydrogen) atoms. The fourth-order valence-electron chi connectivity index (χ4n) is 1.66. The summed E-state index contributed by atoms with van der Waals surface area (Å²) in [5.74, 6) is -1.08. The molecule has 1 unspecified atom stereocenters. The van der Waals surface area contributed by atoms with Crippen molar-refractivity contribution in [1.29, 1.82) is 0 Å². The number of allylic oxidation sites excluding steroid dienone is 1. The molecule has 1 atom stereocenters. The molecule has 0 saturated carbocycles. The molecular weight excluding hydrogens is 280 g/mol. The fraction of sp³-hybridized carbons (Fsp3) is 0.357. The van der Waals surface area contributed by atoms with Crippen LogP contribution in [0.1, 0.15) is 25.3 Å². The van der Waals surface area contributed by atoms with Crippen molar-refractivity contribution >= 4 is 21.9 Å². The number of carboxylic acids is 1. The van der Waals surface area contributed by atoms with E-state index in [1.807, 2.05) is 31.2 Å². The van der Waals surface area contributed by atoms with Gasteiger partial charge in [-0.1, -0.05) is 39.7 Å². The third-order valence-corrected chi connectivity index (χ3v) is 3.47. The molecule has 1 aromatic rings. The van der Waals surface area contributed by atoms with Gasteiger partial charge in [-0.25, -0.2) is 0 Å². The molecule has 0 aliphatic carbocycles. The molecule has 0 spiro atoms. The van der Waals surface area contributed by atoms with Crippen molar-refractivity contribution in [3.8, 4) is 0 Å². The maximum atomic E-state index is 11.2. The molecule has 0 aromatic heterocycles. The first kappa shape index (κ1) is 14.0. The van der Waals surface area contributed by atoms with Crippen LogP contribution < -0.4 is 0 Å². The van der Waals surface area contributed by atoms with Gasteiger partial charge in [0, 0.05) is 4.47 Å². The second-order valence-electron chi connectivity index (χ2n) is 4.33. The van der Waals surface area contributed by atoms with Crippen LogP contribution in [0.25, 0.3) is 0 Å². The molecule has 0 fully saturated rings. The topological polar surface area (TPSA) is 37.3 Å². The van der Waals surface area contributed by atoms with Crippen LogP contribution in [0.3, 0.4) is 0 Å². The van der Waals surface area contributed by atoms with Crippen molar-refractivity contribution in [2.24, 2.45) is 5.92 Å². The van der Waals surface area contributed by atoms with Crippen LogP contribution in [-0.4, -0.2) is 11.1 Å². The molecule has 92 valence electrons. The number of carboxylic acid groups (broad SMARTS) is 1. The lowest BCUT2D eigenvalue weighted by Crippen LogP contribution is -2.16. The lowest BCUT2D eigenvalue weighted by Gasteiger charge is -2.13. The molecule has 0 heterocycles. The van der Waals surface area contributed by atoms with Crippen molar-refractivity contribution in [3.05, 3.63) is 46.5 Å². The van der Waals surface area contributed by atoms with Gasteiger partial charge in [0.2, 0.25) is 0 Å². The molecule has 0 saturated heterocycles. The van der Waals surface area contributed by atoms with Crippen LogP contribution in [0.2, 0.25) is 0 Å². The van der Waals surface area contributed by atoms with E-state index in [1.165, 1.54) is 0 Å². The van der Waals surface area contributed by atoms with E-state index in [9.17, 15) is 9.90 Å². The summed E-state index contributed by atoms with van der Waals surface area (Å²) in [6.45, 7) is 5.74. The minimum atomic E-state index is -0.734. The summed E-state index contributed by atoms with van der Waals surface area (Å²) in [5.41, 5.74) is 2.07. The summed E-state index contributed by atoms with van der Waals surface area (Å²) in [5, 5.41) is 9.19. The Hall–Kier alpha value is -1.09. The van der Waals surface area contributed by atoms with Gasteiger partial charge in [0.15, 0.2) is 0 Å². The molecule has 0 aliphatic heterocycles. The van der Waals surface area contributed by atoms with Gasteiger partial charge in [-0.3, -0.25) is 4.79 Å². The molecule has 0 bridgehead atoms. The van der Waals surface area contributed by atoms with Crippen LogP contribution in [0, 0.1) is 5.92 Å². The lowest BCUT2D eigenvalue weighted by atomic mass is 9.93. The molecule has 0 radical (unpaired) electrons. The quantitative estimate of drug-likeness (QED) is 0.804. The van der Waals surface area contributed by atoms with Gasteiger partial charge in [-0.2, -0.15) is 0 Å². The smallest absolute Gasteiger partial charge is 0.306 e. The molecule has 0 amide bonds. The van der Waals surface area contributed by atoms with Gasteiger partial charge in [-0.05, 0) is 37.8 Å². The zero-order valence-electron chi connectivity index (χ0n) is 9.95. The maximum absolute atomic E-state index is 11.2. The molecule has 1 aromatic carbocycles. The Labute approximate surface area is 110 Å². The Bertz CT molecular complexity index is 412. The van der Waals surface area contributed by atoms with Crippen LogP contribution >= 0.6 is 15.9 Å². The summed E-state index contributed by atoms with van der Waals surface area (Å²) in [4.78, 5) is 11.2. The predicted molar refractivity (Wildman–Crippen MR) is 73.0 cm³/mol. The molecule has 2 nitrogen and oxygen atoms in total. The fourth-order valence-corrected chi connectivity index (χ4v) is 2.11. The van der Waals surface area contributed by atoms with Crippen molar-refractivity contribution in [1.82, 2.24) is 0 Å². The third kappa shape index (κ3) is 4.73. The first-order valence-corrected chi connectivity index (χ1v) is 6.40. The average Bonchev–Trinajstić information content (AvgIpc) is 2.25. The zero-order valence-corrected chi connectivity index (χ0v) is 11.5. The van der Waals surface area contributed by atoms with E-state index in [2.05, 4.69) is 22.5 Å². The Kier molecular flexibility index (Phi) is 5.42. The normalized spacial score (nSPS) is 12.1. The molecule has 1 N–H and O–H groups in total. The Morgan fingerprint density at radius 2 is 2.12 bits per heavy atom. The summed E-state index contributed by atoms with van der Waals surface area (Å²) < 4.78 is 0.974. The van der Waals surface area contributed by atoms with Gasteiger partial charge in [0.1, 0.15) is 0 Å². The minimum Gasteiger partial charge on any atom is -0.481 e. The highest BCUT2D eigenvalue weighted by atomic mass is 79.9. The monoisotopic (exact) mass is 296 g/mol. The van der Waals surface area contributed by atoms with E-state index in [0.717, 1.165) is 22.0 Å². The number of halogens is 1. The highest BCUT2D eigenvalue weighted by molar-refractivity contribution is 9.10. The first-order valence-electron chi connectivity index (χ1n) is 5.61. The highest BCUT2D eigenvalue weighted by Gasteiger charge is 2.18. The van der Waals surface area contributed by atoms with Gasteiger partial charge >= 0.3 is 5.97 Å². The number of rotatable bonds is 6. The Balaban J connectivity index is 2.70. The van der Waals surface area contributed by atoms with Gasteiger partial charge in [-0.15, -0.1) is 6.58 Å². The third-order valence-electron chi connectivity index (χ3n) is 2.69. The van der Waals surface area contributed by atoms with Gasteiger partial charge in [0.05, 0.1) is 5.92 Å². The average molecular weight is 297 g/mol. The van der Waals surface area contributed by atoms with E-state index < -0.39 is 5.97 Å². The van der Waals surface area contributed by atoms with E-state index in [0.29, 0.717) is 12.8 Å². The number of hydrogen-bond acceptors (Lipinski definition) is 1. The van der Waals surface area contributed by atoms with Gasteiger partial charge in [0.25, 0.3) is 0 Å². The molecular formula is C14H17BrO2. The summed E-state index contributed by atoms with van der Waals surface area (Å²) >= 11 is 3.44. The maximum Gasteiger partial charge on any atom is 0.306 e. The molecule has 3 heteroatoms. The number of carbonyl (C=O) groups is 1. The number of benzene rings is 1. The van der Waals surface area contributed by atoms with Crippen molar-refractivity contribution in [2.75, 3.05) is 0 Å². The second-order valence-corrected chi connectivity index (χ2v) is 5.18. The summed E-state index contributed by atoms with van der Waals surface area (Å²) in [6, 6.07) is 7.75. The number of hydrogen-bond donors (Lipinski definition) is 1. The van der Waals surface area contributed by atoms with Crippen LogP contribution in [0.4, 0.5) is 0 Å². The van der Waals surface area contributed by atoms with Crippen LogP contribution in [-0.2, 0) is 11.2 Å². The van der Waals surface area contributed by atoms with Crippen molar-refractivity contribution in [3.63, 3.8) is 0 Å². The van der Waals surface area contributed by atoms with E-state index in [4.69, 9.17) is 0 Å². The summed E-state index contributed by atoms with van der Waals surface area (Å²) in [6.07, 6.45) is 1.97. The first-order chi connectivity index (χ1) is 8.00. The Morgan fingerprint density at radius 1 is 1.47 bits per heavy atom. The van der Waals surface area contributed by atoms with E-state index in [1.54, 1.807) is 0 Å². The molecule has 0 aliphatic rings. The zero-order chi connectivity index (χ0) is 12.8. The largest absolute Gasteiger partial charge is 0.481 e. The predicted octanol–water partition coefficient (Wildman–Crippen LogP) is 4.05. The highest BCUT2D eigenvalue weighted by Crippen LogP contribution is 2.22. The minimum absolute atomic E-state index is 0.342. The standard InChI is InChI=1S/C14H17BrO2/c1-10(2)7-8-12(14(16)17)9-11-5-3-4-6-13(11)15/h3-6,12H,1,7-9H2,2H3,(H,16,17). The van der Waals surface area contributed by atoms with Crippen molar-refractivity contribution < 1.29 is 9.90 Å². The number of aliphatic carboxylic acids is 1. The van der Waals surface area contributed by atoms with Crippen molar-refractivity contribution in [2.45, 2.75) is 26.2 Å². The van der Waals surface area contributed by atoms with Crippen LogP contribution in [0.15, 0.2) is 40.9 Å². The SMILES string of the molecule is C=C(C)CCC(Cc1ccccc1Br)C(=O)O. The van der Waals surface area contributed by atoms with Gasteiger partial charge < -0.3 is 5.11 Å². The van der Waals surface area contributed by atoms with E-state index >= 15 is 0 Å². The Morgan fingerprint density at radius 3 is 2.65 bits per heavy atom. The lowest BCUT2D eigenvalue weighted by molar-refractivity contribution is -0.141.